The number of aromatic nitrogens is 1. The standard InChI is InChI=1S/C33H36N4O5/c1-32(2)17-22(13-14-41-32)21-9-12-27-23(15-21)16-28(30(39)36(3)25-7-5-4-6-8-25)37(27)33(31-34-29(19-38)42-35-31)18-24(33)20-40-26-10-11-26/h4-9,12,15-16,22,24,26H,10-11,13-14,17-18,20H2,1-3H3,(H,34,35)/t22-,24?,33?/m0/s1. The van der Waals surface area contributed by atoms with Crippen molar-refractivity contribution in [2.75, 3.05) is 25.2 Å². The quantitative estimate of drug-likeness (QED) is 0.381. The molecule has 3 fully saturated rings. The van der Waals surface area contributed by atoms with Crippen molar-refractivity contribution in [2.45, 2.75) is 69.1 Å². The number of anilines is 1. The summed E-state index contributed by atoms with van der Waals surface area (Å²) in [5, 5.41) is 0.986. The Hall–Kier alpha value is -3.91. The smallest absolute Gasteiger partial charge is 0.332 e. The largest absolute Gasteiger partial charge is 0.378 e. The number of para-hydroxylation sites is 1. The van der Waals surface area contributed by atoms with Crippen molar-refractivity contribution >= 4 is 34.3 Å². The van der Waals surface area contributed by atoms with E-state index in [1.54, 1.807) is 17.9 Å². The number of aliphatic imine (C=N–C) groups is 1. The summed E-state index contributed by atoms with van der Waals surface area (Å²) in [6.45, 7) is 5.55. The SMILES string of the molecule is CN(C(=O)c1cc2cc([C@H]3CCOC(C)(C)C3)ccc2n1C1(C2=NC(=C=O)ON2)CC1COC1CC1)c1ccccc1. The summed E-state index contributed by atoms with van der Waals surface area (Å²) in [7, 11) is 1.80. The molecule has 3 aromatic rings. The zero-order valence-electron chi connectivity index (χ0n) is 24.3. The van der Waals surface area contributed by atoms with Crippen LogP contribution in [0, 0.1) is 5.92 Å². The molecule has 1 amide bonds. The monoisotopic (exact) mass is 568 g/mol. The molecule has 7 rings (SSSR count). The number of rotatable bonds is 8. The van der Waals surface area contributed by atoms with Gasteiger partial charge < -0.3 is 23.8 Å². The molecule has 2 aliphatic carbocycles. The van der Waals surface area contributed by atoms with Crippen LogP contribution in [0.2, 0.25) is 0 Å². The number of amides is 1. The summed E-state index contributed by atoms with van der Waals surface area (Å²) < 4.78 is 14.2. The highest BCUT2D eigenvalue weighted by Gasteiger charge is 2.63. The average Bonchev–Trinajstić information content (AvgIpc) is 3.87. The molecule has 2 unspecified atom stereocenters. The van der Waals surface area contributed by atoms with Crippen molar-refractivity contribution in [3.05, 3.63) is 71.7 Å². The maximum atomic E-state index is 14.3. The van der Waals surface area contributed by atoms with Crippen LogP contribution in [-0.4, -0.2) is 54.2 Å². The number of hydroxylamine groups is 1. The second-order valence-electron chi connectivity index (χ2n) is 12.6. The highest BCUT2D eigenvalue weighted by atomic mass is 16.7. The van der Waals surface area contributed by atoms with Crippen molar-refractivity contribution in [2.24, 2.45) is 10.9 Å². The van der Waals surface area contributed by atoms with Gasteiger partial charge in [0.1, 0.15) is 11.2 Å². The van der Waals surface area contributed by atoms with Gasteiger partial charge in [-0.3, -0.25) is 4.79 Å². The van der Waals surface area contributed by atoms with E-state index >= 15 is 0 Å². The zero-order valence-corrected chi connectivity index (χ0v) is 24.3. The number of benzene rings is 2. The van der Waals surface area contributed by atoms with Gasteiger partial charge in [0.2, 0.25) is 0 Å². The van der Waals surface area contributed by atoms with Crippen LogP contribution in [-0.2, 0) is 24.6 Å². The number of nitrogens with one attached hydrogen (secondary N) is 1. The molecule has 2 aliphatic heterocycles. The van der Waals surface area contributed by atoms with Gasteiger partial charge in [0.25, 0.3) is 5.91 Å². The van der Waals surface area contributed by atoms with Gasteiger partial charge in [-0.1, -0.05) is 24.3 Å². The summed E-state index contributed by atoms with van der Waals surface area (Å²) in [5.41, 5.74) is 5.49. The highest BCUT2D eigenvalue weighted by Crippen LogP contribution is 2.55. The Balaban J connectivity index is 1.36. The maximum Gasteiger partial charge on any atom is 0.332 e. The van der Waals surface area contributed by atoms with Gasteiger partial charge in [-0.2, -0.15) is 4.99 Å². The van der Waals surface area contributed by atoms with Crippen LogP contribution in [0.4, 0.5) is 5.69 Å². The Morgan fingerprint density at radius 2 is 1.95 bits per heavy atom. The van der Waals surface area contributed by atoms with E-state index in [0.29, 0.717) is 36.6 Å². The number of fused-ring (bicyclic) bond motifs is 1. The van der Waals surface area contributed by atoms with Crippen LogP contribution < -0.4 is 10.4 Å². The second-order valence-corrected chi connectivity index (χ2v) is 12.6. The molecular formula is C33H36N4O5. The molecule has 2 aromatic carbocycles. The van der Waals surface area contributed by atoms with Gasteiger partial charge in [-0.05, 0) is 87.8 Å². The van der Waals surface area contributed by atoms with Crippen molar-refractivity contribution < 1.29 is 23.9 Å². The third-order valence-corrected chi connectivity index (χ3v) is 9.15. The normalized spacial score (nSPS) is 26.3. The van der Waals surface area contributed by atoms with Crippen LogP contribution in [0.1, 0.15) is 67.9 Å². The van der Waals surface area contributed by atoms with Gasteiger partial charge in [-0.15, -0.1) is 0 Å². The number of amidine groups is 1. The maximum absolute atomic E-state index is 14.3. The molecule has 9 heteroatoms. The fourth-order valence-electron chi connectivity index (χ4n) is 6.68. The van der Waals surface area contributed by atoms with Gasteiger partial charge in [0.15, 0.2) is 11.8 Å². The Morgan fingerprint density at radius 3 is 2.67 bits per heavy atom. The lowest BCUT2D eigenvalue weighted by Crippen LogP contribution is -2.41. The van der Waals surface area contributed by atoms with E-state index in [4.69, 9.17) is 14.3 Å². The van der Waals surface area contributed by atoms with Crippen LogP contribution in [0.15, 0.2) is 65.5 Å². The average molecular weight is 569 g/mol. The molecule has 2 saturated carbocycles. The molecule has 1 saturated heterocycles. The first-order valence-corrected chi connectivity index (χ1v) is 14.8. The van der Waals surface area contributed by atoms with Crippen LogP contribution in [0.3, 0.4) is 0 Å². The van der Waals surface area contributed by atoms with Crippen LogP contribution in [0.25, 0.3) is 10.9 Å². The molecule has 3 atom stereocenters. The predicted molar refractivity (Wildman–Crippen MR) is 159 cm³/mol. The van der Waals surface area contributed by atoms with Crippen molar-refractivity contribution in [1.29, 1.82) is 0 Å². The van der Waals surface area contributed by atoms with Crippen molar-refractivity contribution in [3.8, 4) is 0 Å². The minimum atomic E-state index is -0.736. The summed E-state index contributed by atoms with van der Waals surface area (Å²) in [4.78, 5) is 37.2. The Morgan fingerprint density at radius 1 is 1.14 bits per heavy atom. The van der Waals surface area contributed by atoms with E-state index < -0.39 is 5.54 Å². The number of ether oxygens (including phenoxy) is 2. The molecule has 0 spiro atoms. The van der Waals surface area contributed by atoms with E-state index in [0.717, 1.165) is 48.9 Å². The Labute approximate surface area is 245 Å². The first-order valence-electron chi connectivity index (χ1n) is 14.8. The van der Waals surface area contributed by atoms with Gasteiger partial charge in [-0.25, -0.2) is 10.3 Å². The van der Waals surface area contributed by atoms with Gasteiger partial charge >= 0.3 is 5.88 Å². The Kier molecular flexibility index (Phi) is 6.50. The van der Waals surface area contributed by atoms with E-state index in [1.165, 1.54) is 5.56 Å². The molecule has 9 nitrogen and oxygen atoms in total. The summed E-state index contributed by atoms with van der Waals surface area (Å²) >= 11 is 0. The summed E-state index contributed by atoms with van der Waals surface area (Å²) in [5.74, 6) is 2.38. The van der Waals surface area contributed by atoms with E-state index in [-0.39, 0.29) is 23.3 Å². The first-order chi connectivity index (χ1) is 20.3. The molecule has 1 N–H and O–H groups in total. The number of carbonyl (C=O) groups excluding carboxylic acids is 2. The molecule has 1 aromatic heterocycles. The third-order valence-electron chi connectivity index (χ3n) is 9.15. The number of hydrogen-bond acceptors (Lipinski definition) is 7. The van der Waals surface area contributed by atoms with Crippen LogP contribution in [0.5, 0.6) is 0 Å². The third kappa shape index (κ3) is 4.71. The minimum Gasteiger partial charge on any atom is -0.378 e. The lowest BCUT2D eigenvalue weighted by molar-refractivity contribution is -0.0592. The predicted octanol–water partition coefficient (Wildman–Crippen LogP) is 5.09. The van der Waals surface area contributed by atoms with Gasteiger partial charge in [0, 0.05) is 36.2 Å². The molecule has 0 radical (unpaired) electrons. The van der Waals surface area contributed by atoms with E-state index in [2.05, 4.69) is 47.1 Å². The summed E-state index contributed by atoms with van der Waals surface area (Å²) in [6, 6.07) is 18.2. The number of hydrogen-bond donors (Lipinski definition) is 1. The fraction of sp³-hybridized carbons (Fsp3) is 0.455. The van der Waals surface area contributed by atoms with E-state index in [1.807, 2.05) is 36.4 Å². The molecule has 42 heavy (non-hydrogen) atoms. The highest BCUT2D eigenvalue weighted by molar-refractivity contribution is 6.09. The van der Waals surface area contributed by atoms with E-state index in [9.17, 15) is 9.59 Å². The van der Waals surface area contributed by atoms with Crippen molar-refractivity contribution in [3.63, 3.8) is 0 Å². The summed E-state index contributed by atoms with van der Waals surface area (Å²) in [6.07, 6.45) is 5.03. The lowest BCUT2D eigenvalue weighted by Gasteiger charge is -2.35. The Bertz CT molecular complexity index is 1620. The lowest BCUT2D eigenvalue weighted by atomic mass is 9.83. The van der Waals surface area contributed by atoms with Crippen molar-refractivity contribution in [1.82, 2.24) is 10.0 Å². The van der Waals surface area contributed by atoms with Crippen LogP contribution >= 0.6 is 0 Å². The first kappa shape index (κ1) is 27.0. The number of nitrogens with zero attached hydrogens (tertiary/aromatic N) is 3. The zero-order chi connectivity index (χ0) is 29.1. The molecular weight excluding hydrogens is 532 g/mol. The molecule has 218 valence electrons. The second kappa shape index (κ2) is 10.1. The topological polar surface area (TPSA) is 94.4 Å². The molecule has 3 heterocycles. The fourth-order valence-corrected chi connectivity index (χ4v) is 6.68. The van der Waals surface area contributed by atoms with Gasteiger partial charge in [0.05, 0.1) is 18.3 Å². The molecule has 4 aliphatic rings. The molecule has 0 bridgehead atoms. The minimum absolute atomic E-state index is 0.0408. The number of carbonyl (C=O) groups is 1.